The van der Waals surface area contributed by atoms with Crippen LogP contribution < -0.4 is 0 Å². The van der Waals surface area contributed by atoms with Crippen molar-refractivity contribution in [3.63, 3.8) is 0 Å². The maximum absolute atomic E-state index is 5.18. The summed E-state index contributed by atoms with van der Waals surface area (Å²) in [6, 6.07) is 60.5. The lowest BCUT2D eigenvalue weighted by Gasteiger charge is -2.14. The molecule has 0 fully saturated rings. The molecular weight excluding hydrogens is 723 g/mol. The molecule has 2 aromatic heterocycles. The molecule has 0 atom stereocenters. The molecule has 4 nitrogen and oxygen atoms in total. The maximum atomic E-state index is 5.18. The highest BCUT2D eigenvalue weighted by atomic mass is 127. The van der Waals surface area contributed by atoms with E-state index in [1.54, 1.807) is 0 Å². The number of para-hydroxylation sites is 1. The molecule has 236 valence electrons. The van der Waals surface area contributed by atoms with E-state index in [1.165, 1.54) is 49.3 Å². The topological polar surface area (TPSA) is 45.4 Å². The molecule has 3 heterocycles. The molecule has 50 heavy (non-hydrogen) atoms. The summed E-state index contributed by atoms with van der Waals surface area (Å²) < 4.78 is 4.69. The third-order valence-corrected chi connectivity index (χ3v) is 12.3. The SMILES string of the molecule is c1ccc(C2=NC(c3ccccc3)=IC(c3ccc(-n4c5cc(-c6ccccc6)ccc5c5ccc6c7ccccc7[nH]c6c54)cc3)=N2)cc1. The molecule has 0 amide bonds. The van der Waals surface area contributed by atoms with Gasteiger partial charge in [0.05, 0.1) is 16.6 Å². The van der Waals surface area contributed by atoms with E-state index in [0.29, 0.717) is 0 Å². The van der Waals surface area contributed by atoms with E-state index in [4.69, 9.17) is 9.98 Å². The van der Waals surface area contributed by atoms with Crippen LogP contribution in [0, 0.1) is 0 Å². The quantitative estimate of drug-likeness (QED) is 0.170. The minimum Gasteiger partial charge on any atom is -0.353 e. The molecule has 1 N–H and O–H groups in total. The Kier molecular flexibility index (Phi) is 6.91. The molecule has 0 unspecified atom stereocenters. The van der Waals surface area contributed by atoms with Gasteiger partial charge in [-0.3, -0.25) is 0 Å². The molecule has 0 bridgehead atoms. The van der Waals surface area contributed by atoms with Crippen LogP contribution in [-0.2, 0) is 0 Å². The van der Waals surface area contributed by atoms with Crippen molar-refractivity contribution in [1.82, 2.24) is 9.55 Å². The molecule has 10 rings (SSSR count). The summed E-state index contributed by atoms with van der Waals surface area (Å²) >= 11 is -0.606. The lowest BCUT2D eigenvalue weighted by atomic mass is 10.0. The van der Waals surface area contributed by atoms with Crippen molar-refractivity contribution in [2.45, 2.75) is 0 Å². The Balaban J connectivity index is 1.17. The van der Waals surface area contributed by atoms with Crippen molar-refractivity contribution in [2.75, 3.05) is 0 Å². The number of hydrogen-bond donors (Lipinski definition) is 1. The van der Waals surface area contributed by atoms with E-state index < -0.39 is 20.7 Å². The minimum atomic E-state index is -0.606. The van der Waals surface area contributed by atoms with Gasteiger partial charge in [0.25, 0.3) is 0 Å². The summed E-state index contributed by atoms with van der Waals surface area (Å²) in [5.74, 6) is 0.770. The molecule has 5 heteroatoms. The number of aromatic nitrogens is 2. The Labute approximate surface area is 298 Å². The Morgan fingerprint density at radius 2 is 1.08 bits per heavy atom. The molecule has 1 aliphatic rings. The molecule has 0 radical (unpaired) electrons. The molecule has 9 aromatic rings. The molecule has 0 saturated carbocycles. The number of H-pyrrole nitrogens is 1. The van der Waals surface area contributed by atoms with Crippen LogP contribution in [0.3, 0.4) is 0 Å². The van der Waals surface area contributed by atoms with Crippen molar-refractivity contribution >= 4 is 77.5 Å². The number of aromatic amines is 1. The summed E-state index contributed by atoms with van der Waals surface area (Å²) in [5, 5.41) is 4.94. The van der Waals surface area contributed by atoms with Crippen LogP contribution in [-0.4, -0.2) is 22.7 Å². The lowest BCUT2D eigenvalue weighted by molar-refractivity contribution is 1.18. The number of benzene rings is 7. The van der Waals surface area contributed by atoms with Crippen LogP contribution >= 0.6 is 20.7 Å². The van der Waals surface area contributed by atoms with Gasteiger partial charge in [-0.05, 0) is 56.1 Å². The fraction of sp³-hybridized carbons (Fsp3) is 0. The second-order valence-corrected chi connectivity index (χ2v) is 15.1. The van der Waals surface area contributed by atoms with E-state index in [0.717, 1.165) is 41.0 Å². The predicted molar refractivity (Wildman–Crippen MR) is 220 cm³/mol. The summed E-state index contributed by atoms with van der Waals surface area (Å²) in [6.07, 6.45) is 0. The lowest BCUT2D eigenvalue weighted by Crippen LogP contribution is -2.11. The maximum Gasteiger partial charge on any atom is 0.161 e. The van der Waals surface area contributed by atoms with Gasteiger partial charge >= 0.3 is 0 Å². The second kappa shape index (κ2) is 11.9. The third kappa shape index (κ3) is 4.84. The van der Waals surface area contributed by atoms with Crippen molar-refractivity contribution in [1.29, 1.82) is 0 Å². The van der Waals surface area contributed by atoms with Gasteiger partial charge in [0.15, 0.2) is 5.84 Å². The van der Waals surface area contributed by atoms with Gasteiger partial charge in [0, 0.05) is 49.4 Å². The van der Waals surface area contributed by atoms with Crippen molar-refractivity contribution < 1.29 is 0 Å². The highest BCUT2D eigenvalue weighted by Gasteiger charge is 2.20. The van der Waals surface area contributed by atoms with Gasteiger partial charge in [-0.1, -0.05) is 146 Å². The van der Waals surface area contributed by atoms with Crippen LogP contribution in [0.2, 0.25) is 0 Å². The van der Waals surface area contributed by atoms with Crippen LogP contribution in [0.5, 0.6) is 0 Å². The van der Waals surface area contributed by atoms with Crippen LogP contribution in [0.25, 0.3) is 60.4 Å². The first kappa shape index (κ1) is 29.0. The Morgan fingerprint density at radius 3 is 1.84 bits per heavy atom. The van der Waals surface area contributed by atoms with Crippen LogP contribution in [0.15, 0.2) is 180 Å². The smallest absolute Gasteiger partial charge is 0.161 e. The zero-order chi connectivity index (χ0) is 33.0. The molecule has 0 spiro atoms. The van der Waals surface area contributed by atoms with Gasteiger partial charge in [0.2, 0.25) is 0 Å². The normalized spacial score (nSPS) is 13.3. The first-order valence-corrected chi connectivity index (χ1v) is 18.9. The van der Waals surface area contributed by atoms with E-state index in [9.17, 15) is 0 Å². The third-order valence-electron chi connectivity index (χ3n) is 9.51. The average molecular weight is 753 g/mol. The molecule has 0 aliphatic carbocycles. The average Bonchev–Trinajstić information content (AvgIpc) is 3.74. The number of fused-ring (bicyclic) bond motifs is 7. The van der Waals surface area contributed by atoms with E-state index in [1.807, 2.05) is 18.2 Å². The van der Waals surface area contributed by atoms with E-state index in [-0.39, 0.29) is 0 Å². The van der Waals surface area contributed by atoms with E-state index >= 15 is 0 Å². The van der Waals surface area contributed by atoms with E-state index in [2.05, 4.69) is 161 Å². The molecular formula is C45H29IN4. The Hall–Kier alpha value is -5.92. The number of nitrogens with one attached hydrogen (secondary N) is 1. The number of hydrogen-bond acceptors (Lipinski definition) is 2. The first-order chi connectivity index (χ1) is 24.8. The number of nitrogens with zero attached hydrogens (tertiary/aromatic N) is 3. The van der Waals surface area contributed by atoms with Crippen LogP contribution in [0.1, 0.15) is 16.7 Å². The number of halogens is 1. The second-order valence-electron chi connectivity index (χ2n) is 12.5. The highest BCUT2D eigenvalue weighted by molar-refractivity contribution is 14.2. The summed E-state index contributed by atoms with van der Waals surface area (Å²) in [4.78, 5) is 14.1. The monoisotopic (exact) mass is 752 g/mol. The number of amidine groups is 1. The summed E-state index contributed by atoms with van der Waals surface area (Å²) in [5.41, 5.74) is 11.5. The van der Waals surface area contributed by atoms with Gasteiger partial charge in [-0.25, -0.2) is 9.98 Å². The van der Waals surface area contributed by atoms with Gasteiger partial charge in [0.1, 0.15) is 7.35 Å². The fourth-order valence-corrected chi connectivity index (χ4v) is 9.64. The van der Waals surface area contributed by atoms with Gasteiger partial charge in [-0.15, -0.1) is 0 Å². The predicted octanol–water partition coefficient (Wildman–Crippen LogP) is 11.4. The molecule has 1 aliphatic heterocycles. The van der Waals surface area contributed by atoms with Crippen molar-refractivity contribution in [3.8, 4) is 16.8 Å². The molecule has 0 saturated heterocycles. The fourth-order valence-electron chi connectivity index (χ4n) is 7.11. The number of aliphatic imine (C=N–C) groups is 2. The Morgan fingerprint density at radius 1 is 0.460 bits per heavy atom. The summed E-state index contributed by atoms with van der Waals surface area (Å²) in [7, 11) is 0. The van der Waals surface area contributed by atoms with Crippen LogP contribution in [0.4, 0.5) is 0 Å². The first-order valence-electron chi connectivity index (χ1n) is 16.7. The summed E-state index contributed by atoms with van der Waals surface area (Å²) in [6.45, 7) is 0. The zero-order valence-corrected chi connectivity index (χ0v) is 29.0. The van der Waals surface area contributed by atoms with Gasteiger partial charge in [-0.2, -0.15) is 0 Å². The highest BCUT2D eigenvalue weighted by Crippen LogP contribution is 2.40. The molecule has 7 aromatic carbocycles. The minimum absolute atomic E-state index is 0.606. The van der Waals surface area contributed by atoms with Gasteiger partial charge < -0.3 is 9.55 Å². The standard InChI is InChI=1S/C45H29IN4/c1-4-12-29(13-5-1)33-22-25-36-38-27-26-37-35-18-10-11-19-39(35)47-41(37)42(38)50(40(36)28-33)34-23-20-31(21-24-34)44-46-43(30-14-6-2-7-15-30)48-45(49-44)32-16-8-3-9-17-32/h1-28,47H. The number of rotatable bonds is 5. The van der Waals surface area contributed by atoms with Crippen molar-refractivity contribution in [3.05, 3.63) is 187 Å². The largest absolute Gasteiger partial charge is 0.353 e. The Bertz CT molecular complexity index is 2790. The van der Waals surface area contributed by atoms with Crippen molar-refractivity contribution in [2.24, 2.45) is 9.98 Å². The zero-order valence-electron chi connectivity index (χ0n) is 26.9.